The highest BCUT2D eigenvalue weighted by Crippen LogP contribution is 2.29. The van der Waals surface area contributed by atoms with Crippen molar-refractivity contribution in [1.29, 1.82) is 0 Å². The van der Waals surface area contributed by atoms with Gasteiger partial charge in [-0.1, -0.05) is 54.1 Å². The van der Waals surface area contributed by atoms with E-state index in [0.29, 0.717) is 0 Å². The number of amides is 1. The highest BCUT2D eigenvalue weighted by molar-refractivity contribution is 7.95. The van der Waals surface area contributed by atoms with Crippen molar-refractivity contribution in [2.75, 3.05) is 6.54 Å². The Morgan fingerprint density at radius 3 is 2.81 bits per heavy atom. The fourth-order valence-corrected chi connectivity index (χ4v) is 4.30. The van der Waals surface area contributed by atoms with Crippen molar-refractivity contribution in [3.63, 3.8) is 0 Å². The molecular formula is C23H28N4O2S2. The van der Waals surface area contributed by atoms with Gasteiger partial charge in [0.25, 0.3) is 0 Å². The fourth-order valence-electron chi connectivity index (χ4n) is 3.16. The van der Waals surface area contributed by atoms with Gasteiger partial charge in [-0.3, -0.25) is 9.86 Å². The van der Waals surface area contributed by atoms with Gasteiger partial charge < -0.3 is 10.1 Å². The van der Waals surface area contributed by atoms with E-state index < -0.39 is 6.09 Å². The summed E-state index contributed by atoms with van der Waals surface area (Å²) in [5.41, 5.74) is 4.10. The molecular weight excluding hydrogens is 428 g/mol. The second-order valence-corrected chi connectivity index (χ2v) is 8.60. The van der Waals surface area contributed by atoms with Crippen LogP contribution in [0.3, 0.4) is 0 Å². The maximum atomic E-state index is 12.5. The lowest BCUT2D eigenvalue weighted by Gasteiger charge is -2.17. The molecule has 0 saturated heterocycles. The third-order valence-electron chi connectivity index (χ3n) is 4.75. The number of nitrogens with one attached hydrogen (secondary N) is 2. The van der Waals surface area contributed by atoms with Crippen LogP contribution in [0, 0.1) is 6.92 Å². The van der Waals surface area contributed by atoms with Gasteiger partial charge in [-0.05, 0) is 37.8 Å². The first kappa shape index (κ1) is 23.3. The zero-order valence-electron chi connectivity index (χ0n) is 17.5. The van der Waals surface area contributed by atoms with E-state index in [-0.39, 0.29) is 12.6 Å². The maximum Gasteiger partial charge on any atom is 0.408 e. The van der Waals surface area contributed by atoms with Crippen LogP contribution in [0.4, 0.5) is 4.79 Å². The molecule has 0 spiro atoms. The van der Waals surface area contributed by atoms with Crippen molar-refractivity contribution >= 4 is 29.6 Å². The molecule has 3 rings (SSSR count). The minimum Gasteiger partial charge on any atom is -0.445 e. The molecule has 0 saturated carbocycles. The minimum atomic E-state index is -0.436. The Hall–Kier alpha value is -2.39. The third kappa shape index (κ3) is 7.66. The highest BCUT2D eigenvalue weighted by Gasteiger charge is 2.19. The van der Waals surface area contributed by atoms with Gasteiger partial charge in [-0.15, -0.1) is 11.3 Å². The van der Waals surface area contributed by atoms with Gasteiger partial charge in [-0.2, -0.15) is 0 Å². The first-order valence-electron chi connectivity index (χ1n) is 10.2. The molecule has 0 aliphatic rings. The maximum absolute atomic E-state index is 12.5. The highest BCUT2D eigenvalue weighted by atomic mass is 32.2. The Morgan fingerprint density at radius 1 is 1.19 bits per heavy atom. The van der Waals surface area contributed by atoms with Crippen LogP contribution in [0.25, 0.3) is 10.6 Å². The number of hydrogen-bond acceptors (Lipinski definition) is 7. The Morgan fingerprint density at radius 2 is 2.03 bits per heavy atom. The van der Waals surface area contributed by atoms with E-state index in [1.165, 1.54) is 5.56 Å². The predicted molar refractivity (Wildman–Crippen MR) is 128 cm³/mol. The minimum absolute atomic E-state index is 0.205. The summed E-state index contributed by atoms with van der Waals surface area (Å²) < 4.78 is 8.47. The summed E-state index contributed by atoms with van der Waals surface area (Å²) >= 11 is 2.71. The van der Waals surface area contributed by atoms with Crippen LogP contribution < -0.4 is 15.2 Å². The van der Waals surface area contributed by atoms with Crippen molar-refractivity contribution < 1.29 is 9.53 Å². The molecule has 0 radical (unpaired) electrons. The monoisotopic (exact) mass is 456 g/mol. The molecule has 1 unspecified atom stereocenters. The van der Waals surface area contributed by atoms with Gasteiger partial charge in [0.15, 0.2) is 0 Å². The summed E-state index contributed by atoms with van der Waals surface area (Å²) in [6.45, 7) is 3.12. The van der Waals surface area contributed by atoms with Crippen LogP contribution in [-0.2, 0) is 11.3 Å². The molecule has 164 valence electrons. The number of benzene rings is 2. The number of rotatable bonds is 11. The average molecular weight is 457 g/mol. The summed E-state index contributed by atoms with van der Waals surface area (Å²) in [4.78, 5) is 17.3. The molecule has 2 aromatic carbocycles. The molecule has 8 heteroatoms. The predicted octanol–water partition coefficient (Wildman–Crippen LogP) is 5.37. The number of carbonyl (C=O) groups is 1. The van der Waals surface area contributed by atoms with Crippen LogP contribution >= 0.6 is 23.5 Å². The molecule has 1 aromatic heterocycles. The lowest BCUT2D eigenvalue weighted by Crippen LogP contribution is -2.29. The zero-order valence-corrected chi connectivity index (χ0v) is 19.2. The molecule has 0 bridgehead atoms. The Balaban J connectivity index is 1.65. The standard InChI is InChI=1S/C23H28N4O2S2/c1-17-8-7-11-19(14-17)22-26-21(16-30-22)20(12-5-6-13-25-31-24)27-23(28)29-15-18-9-3-2-4-10-18/h2-4,7-11,14,16,20,25H,5-6,12-13,15,24H2,1H3,(H,27,28). The van der Waals surface area contributed by atoms with Crippen molar-refractivity contribution in [3.8, 4) is 10.6 Å². The van der Waals surface area contributed by atoms with Crippen LogP contribution in [0.1, 0.15) is 42.1 Å². The third-order valence-corrected chi connectivity index (χ3v) is 6.03. The van der Waals surface area contributed by atoms with E-state index >= 15 is 0 Å². The number of nitrogens with zero attached hydrogens (tertiary/aromatic N) is 1. The first-order valence-corrected chi connectivity index (χ1v) is 12.0. The van der Waals surface area contributed by atoms with Gasteiger partial charge in [0.2, 0.25) is 0 Å². The number of hydrogen-bond donors (Lipinski definition) is 3. The van der Waals surface area contributed by atoms with E-state index in [0.717, 1.165) is 59.8 Å². The van der Waals surface area contributed by atoms with E-state index in [1.807, 2.05) is 41.8 Å². The lowest BCUT2D eigenvalue weighted by molar-refractivity contribution is 0.134. The normalized spacial score (nSPS) is 11.8. The van der Waals surface area contributed by atoms with E-state index in [9.17, 15) is 4.79 Å². The number of alkyl carbamates (subject to hydrolysis) is 1. The molecule has 3 aromatic rings. The largest absolute Gasteiger partial charge is 0.445 e. The Kier molecular flexibility index (Phi) is 9.36. The number of aromatic nitrogens is 1. The molecule has 1 heterocycles. The Labute approximate surface area is 191 Å². The summed E-state index contributed by atoms with van der Waals surface area (Å²) in [6.07, 6.45) is 2.22. The number of unbranched alkanes of at least 4 members (excludes halogenated alkanes) is 1. The van der Waals surface area contributed by atoms with Crippen LogP contribution in [0.15, 0.2) is 60.0 Å². The Bertz CT molecular complexity index is 950. The smallest absolute Gasteiger partial charge is 0.408 e. The average Bonchev–Trinajstić information content (AvgIpc) is 3.28. The van der Waals surface area contributed by atoms with Crippen molar-refractivity contribution in [2.24, 2.45) is 5.14 Å². The van der Waals surface area contributed by atoms with E-state index in [2.05, 4.69) is 35.2 Å². The fraction of sp³-hybridized carbons (Fsp3) is 0.304. The van der Waals surface area contributed by atoms with Crippen molar-refractivity contribution in [1.82, 2.24) is 15.0 Å². The van der Waals surface area contributed by atoms with Crippen LogP contribution in [0.5, 0.6) is 0 Å². The first-order chi connectivity index (χ1) is 15.2. The molecule has 0 aliphatic carbocycles. The number of aryl methyl sites for hydroxylation is 1. The number of carbonyl (C=O) groups excluding carboxylic acids is 1. The van der Waals surface area contributed by atoms with Crippen LogP contribution in [0.2, 0.25) is 0 Å². The molecule has 31 heavy (non-hydrogen) atoms. The summed E-state index contributed by atoms with van der Waals surface area (Å²) in [5.74, 6) is 0. The second kappa shape index (κ2) is 12.5. The van der Waals surface area contributed by atoms with Crippen molar-refractivity contribution in [2.45, 2.75) is 38.8 Å². The summed E-state index contributed by atoms with van der Waals surface area (Å²) in [5, 5.41) is 11.4. The van der Waals surface area contributed by atoms with Gasteiger partial charge in [0.1, 0.15) is 11.6 Å². The SMILES string of the molecule is Cc1cccc(-c2nc(C(CCCCNSN)NC(=O)OCc3ccccc3)cs2)c1. The number of thiazole rings is 1. The molecule has 0 aliphatic heterocycles. The molecule has 0 fully saturated rings. The number of nitrogens with two attached hydrogens (primary N) is 1. The number of ether oxygens (including phenoxy) is 1. The topological polar surface area (TPSA) is 89.3 Å². The molecule has 4 N–H and O–H groups in total. The lowest BCUT2D eigenvalue weighted by atomic mass is 10.1. The summed E-state index contributed by atoms with van der Waals surface area (Å²) in [6, 6.07) is 17.7. The zero-order chi connectivity index (χ0) is 21.9. The van der Waals surface area contributed by atoms with Crippen molar-refractivity contribution in [3.05, 3.63) is 76.8 Å². The second-order valence-electron chi connectivity index (χ2n) is 7.21. The summed E-state index contributed by atoms with van der Waals surface area (Å²) in [7, 11) is 0. The van der Waals surface area contributed by atoms with E-state index in [4.69, 9.17) is 14.9 Å². The molecule has 6 nitrogen and oxygen atoms in total. The quantitative estimate of drug-likeness (QED) is 0.266. The van der Waals surface area contributed by atoms with E-state index in [1.54, 1.807) is 11.3 Å². The van der Waals surface area contributed by atoms with Gasteiger partial charge in [-0.25, -0.2) is 9.78 Å². The van der Waals surface area contributed by atoms with Gasteiger partial charge in [0, 0.05) is 29.6 Å². The van der Waals surface area contributed by atoms with Crippen LogP contribution in [-0.4, -0.2) is 17.6 Å². The van der Waals surface area contributed by atoms with Gasteiger partial charge >= 0.3 is 6.09 Å². The molecule has 1 amide bonds. The van der Waals surface area contributed by atoms with Gasteiger partial charge in [0.05, 0.1) is 11.7 Å². The molecule has 1 atom stereocenters.